The lowest BCUT2D eigenvalue weighted by Gasteiger charge is -2.26. The van der Waals surface area contributed by atoms with Crippen molar-refractivity contribution in [3.63, 3.8) is 0 Å². The second-order valence-electron chi connectivity index (χ2n) is 5.67. The van der Waals surface area contributed by atoms with Gasteiger partial charge in [0.1, 0.15) is 0 Å². The minimum Gasteiger partial charge on any atom is -0.354 e. The highest BCUT2D eigenvalue weighted by molar-refractivity contribution is 5.61. The summed E-state index contributed by atoms with van der Waals surface area (Å²) in [5.41, 5.74) is 1.08. The Morgan fingerprint density at radius 3 is 2.45 bits per heavy atom. The summed E-state index contributed by atoms with van der Waals surface area (Å²) in [5, 5.41) is 4.25. The first-order valence-electron chi connectivity index (χ1n) is 7.59. The Labute approximate surface area is 120 Å². The topological polar surface area (TPSA) is 29.3 Å². The van der Waals surface area contributed by atoms with E-state index in [2.05, 4.69) is 35.3 Å². The van der Waals surface area contributed by atoms with E-state index in [4.69, 9.17) is 4.52 Å². The predicted octanol–water partition coefficient (Wildman–Crippen LogP) is 4.50. The monoisotopic (exact) mass is 270 g/mol. The Kier molecular flexibility index (Phi) is 4.05. The third-order valence-corrected chi connectivity index (χ3v) is 4.29. The van der Waals surface area contributed by atoms with E-state index >= 15 is 0 Å². The molecule has 3 rings (SSSR count). The van der Waals surface area contributed by atoms with Gasteiger partial charge in [0.15, 0.2) is 11.6 Å². The Hall–Kier alpha value is -1.77. The Bertz CT molecular complexity index is 527. The molecule has 20 heavy (non-hydrogen) atoms. The first-order valence-corrected chi connectivity index (χ1v) is 7.59. The fraction of sp³-hybridized carbons (Fsp3) is 0.471. The molecular weight excluding hydrogens is 248 g/mol. The fourth-order valence-corrected chi connectivity index (χ4v) is 3.00. The van der Waals surface area contributed by atoms with Gasteiger partial charge in [0.05, 0.1) is 0 Å². The normalized spacial score (nSPS) is 16.9. The van der Waals surface area contributed by atoms with Crippen molar-refractivity contribution >= 4 is 5.82 Å². The maximum absolute atomic E-state index is 5.50. The maximum atomic E-state index is 5.50. The summed E-state index contributed by atoms with van der Waals surface area (Å²) in [6, 6.07) is 12.8. The molecule has 1 aromatic carbocycles. The van der Waals surface area contributed by atoms with E-state index in [1.165, 1.54) is 38.5 Å². The largest absolute Gasteiger partial charge is 0.354 e. The van der Waals surface area contributed by atoms with Crippen LogP contribution >= 0.6 is 0 Å². The third-order valence-electron chi connectivity index (χ3n) is 4.29. The van der Waals surface area contributed by atoms with E-state index in [0.29, 0.717) is 6.04 Å². The lowest BCUT2D eigenvalue weighted by Crippen LogP contribution is -2.31. The minimum absolute atomic E-state index is 0.603. The molecule has 106 valence electrons. The van der Waals surface area contributed by atoms with Crippen LogP contribution in [-0.4, -0.2) is 18.2 Å². The van der Waals surface area contributed by atoms with Crippen LogP contribution in [-0.2, 0) is 0 Å². The van der Waals surface area contributed by atoms with Crippen molar-refractivity contribution in [1.29, 1.82) is 0 Å². The SMILES string of the molecule is CN(c1cc(-c2ccccc2)on1)C1CCCCCC1. The molecule has 2 aromatic rings. The van der Waals surface area contributed by atoms with E-state index in [9.17, 15) is 0 Å². The zero-order chi connectivity index (χ0) is 13.8. The van der Waals surface area contributed by atoms with Crippen LogP contribution in [0.5, 0.6) is 0 Å². The summed E-state index contributed by atoms with van der Waals surface area (Å²) in [6.45, 7) is 0. The Morgan fingerprint density at radius 1 is 1.05 bits per heavy atom. The molecule has 0 atom stereocenters. The molecule has 1 fully saturated rings. The Morgan fingerprint density at radius 2 is 1.75 bits per heavy atom. The number of anilines is 1. The molecular formula is C17H22N2O. The van der Waals surface area contributed by atoms with Crippen molar-refractivity contribution in [1.82, 2.24) is 5.16 Å². The van der Waals surface area contributed by atoms with E-state index in [-0.39, 0.29) is 0 Å². The number of hydrogen-bond acceptors (Lipinski definition) is 3. The second kappa shape index (κ2) is 6.12. The van der Waals surface area contributed by atoms with Crippen molar-refractivity contribution < 1.29 is 4.52 Å². The summed E-state index contributed by atoms with van der Waals surface area (Å²) in [7, 11) is 2.14. The van der Waals surface area contributed by atoms with E-state index in [1.807, 2.05) is 18.2 Å². The van der Waals surface area contributed by atoms with E-state index in [0.717, 1.165) is 17.1 Å². The molecule has 0 radical (unpaired) electrons. The van der Waals surface area contributed by atoms with Crippen molar-refractivity contribution in [2.45, 2.75) is 44.6 Å². The molecule has 1 aliphatic carbocycles. The first-order chi connectivity index (χ1) is 9.84. The van der Waals surface area contributed by atoms with Gasteiger partial charge in [-0.15, -0.1) is 0 Å². The van der Waals surface area contributed by atoms with Crippen molar-refractivity contribution in [3.8, 4) is 11.3 Å². The lowest BCUT2D eigenvalue weighted by atomic mass is 10.1. The lowest BCUT2D eigenvalue weighted by molar-refractivity contribution is 0.427. The predicted molar refractivity (Wildman–Crippen MR) is 81.8 cm³/mol. The molecule has 0 N–H and O–H groups in total. The van der Waals surface area contributed by atoms with Gasteiger partial charge >= 0.3 is 0 Å². The molecule has 0 amide bonds. The fourth-order valence-electron chi connectivity index (χ4n) is 3.00. The first kappa shape index (κ1) is 13.2. The summed E-state index contributed by atoms with van der Waals surface area (Å²) >= 11 is 0. The van der Waals surface area contributed by atoms with Crippen LogP contribution in [0.2, 0.25) is 0 Å². The van der Waals surface area contributed by atoms with Gasteiger partial charge in [0.25, 0.3) is 0 Å². The molecule has 0 spiro atoms. The summed E-state index contributed by atoms with van der Waals surface area (Å²) < 4.78 is 5.50. The highest BCUT2D eigenvalue weighted by Gasteiger charge is 2.20. The van der Waals surface area contributed by atoms with Crippen LogP contribution in [0.1, 0.15) is 38.5 Å². The molecule has 3 nitrogen and oxygen atoms in total. The van der Waals surface area contributed by atoms with Crippen LogP contribution in [0.3, 0.4) is 0 Å². The summed E-state index contributed by atoms with van der Waals surface area (Å²) in [6.07, 6.45) is 7.95. The van der Waals surface area contributed by atoms with Crippen LogP contribution in [0.25, 0.3) is 11.3 Å². The van der Waals surface area contributed by atoms with Gasteiger partial charge in [-0.05, 0) is 12.8 Å². The third kappa shape index (κ3) is 2.87. The van der Waals surface area contributed by atoms with Crippen LogP contribution in [0, 0.1) is 0 Å². The van der Waals surface area contributed by atoms with Crippen molar-refractivity contribution in [2.75, 3.05) is 11.9 Å². The minimum atomic E-state index is 0.603. The van der Waals surface area contributed by atoms with Crippen molar-refractivity contribution in [2.24, 2.45) is 0 Å². The number of rotatable bonds is 3. The molecule has 1 aromatic heterocycles. The second-order valence-corrected chi connectivity index (χ2v) is 5.67. The Balaban J connectivity index is 1.75. The quantitative estimate of drug-likeness (QED) is 0.769. The average Bonchev–Trinajstić information content (AvgIpc) is 2.83. The maximum Gasteiger partial charge on any atom is 0.172 e. The van der Waals surface area contributed by atoms with Crippen LogP contribution < -0.4 is 4.90 Å². The van der Waals surface area contributed by atoms with Gasteiger partial charge in [0, 0.05) is 24.7 Å². The average molecular weight is 270 g/mol. The smallest absolute Gasteiger partial charge is 0.172 e. The standard InChI is InChI=1S/C17H22N2O/c1-19(15-11-7-2-3-8-12-15)17-13-16(20-18-17)14-9-5-4-6-10-14/h4-6,9-10,13,15H,2-3,7-8,11-12H2,1H3. The summed E-state index contributed by atoms with van der Waals surface area (Å²) in [4.78, 5) is 2.29. The number of hydrogen-bond donors (Lipinski definition) is 0. The highest BCUT2D eigenvalue weighted by Crippen LogP contribution is 2.28. The van der Waals surface area contributed by atoms with Crippen molar-refractivity contribution in [3.05, 3.63) is 36.4 Å². The van der Waals surface area contributed by atoms with Gasteiger partial charge < -0.3 is 9.42 Å². The summed E-state index contributed by atoms with van der Waals surface area (Å²) in [5.74, 6) is 1.80. The molecule has 1 saturated carbocycles. The van der Waals surface area contributed by atoms with Gasteiger partial charge in [0.2, 0.25) is 0 Å². The van der Waals surface area contributed by atoms with E-state index in [1.54, 1.807) is 0 Å². The molecule has 1 heterocycles. The van der Waals surface area contributed by atoms with Gasteiger partial charge in [-0.25, -0.2) is 0 Å². The highest BCUT2D eigenvalue weighted by atomic mass is 16.5. The molecule has 0 bridgehead atoms. The molecule has 3 heteroatoms. The van der Waals surface area contributed by atoms with Gasteiger partial charge in [-0.2, -0.15) is 0 Å². The van der Waals surface area contributed by atoms with Gasteiger partial charge in [-0.1, -0.05) is 61.2 Å². The van der Waals surface area contributed by atoms with Gasteiger partial charge in [-0.3, -0.25) is 0 Å². The zero-order valence-electron chi connectivity index (χ0n) is 12.1. The number of nitrogens with zero attached hydrogens (tertiary/aromatic N) is 2. The molecule has 0 aliphatic heterocycles. The molecule has 1 aliphatic rings. The number of benzene rings is 1. The van der Waals surface area contributed by atoms with E-state index < -0.39 is 0 Å². The molecule has 0 saturated heterocycles. The van der Waals surface area contributed by atoms with Crippen LogP contribution in [0.15, 0.2) is 40.9 Å². The number of aromatic nitrogens is 1. The van der Waals surface area contributed by atoms with Crippen LogP contribution in [0.4, 0.5) is 5.82 Å². The molecule has 0 unspecified atom stereocenters. The zero-order valence-corrected chi connectivity index (χ0v) is 12.1.